The Hall–Kier alpha value is -2.86. The fraction of sp³-hybridized carbons (Fsp3) is 0.286. The highest BCUT2D eigenvalue weighted by molar-refractivity contribution is 6.30. The van der Waals surface area contributed by atoms with Crippen molar-refractivity contribution in [1.82, 2.24) is 10.6 Å². The molecule has 7 heteroatoms. The van der Waals surface area contributed by atoms with Gasteiger partial charge in [-0.2, -0.15) is 0 Å². The van der Waals surface area contributed by atoms with Crippen LogP contribution in [0.1, 0.15) is 34.3 Å². The van der Waals surface area contributed by atoms with Crippen molar-refractivity contribution < 1.29 is 14.4 Å². The first-order valence-corrected chi connectivity index (χ1v) is 9.41. The number of rotatable bonds is 8. The Morgan fingerprint density at radius 1 is 0.893 bits per heavy atom. The van der Waals surface area contributed by atoms with Crippen LogP contribution in [0.25, 0.3) is 0 Å². The normalized spacial score (nSPS) is 10.2. The first-order chi connectivity index (χ1) is 13.4. The van der Waals surface area contributed by atoms with Gasteiger partial charge in [-0.25, -0.2) is 0 Å². The summed E-state index contributed by atoms with van der Waals surface area (Å²) in [6, 6.07) is 12.3. The first-order valence-electron chi connectivity index (χ1n) is 9.03. The van der Waals surface area contributed by atoms with Gasteiger partial charge >= 0.3 is 0 Å². The summed E-state index contributed by atoms with van der Waals surface area (Å²) in [4.78, 5) is 35.8. The molecule has 0 atom stereocenters. The molecule has 0 aliphatic carbocycles. The van der Waals surface area contributed by atoms with Crippen molar-refractivity contribution in [2.45, 2.75) is 26.7 Å². The summed E-state index contributed by atoms with van der Waals surface area (Å²) in [5.74, 6) is -0.732. The van der Waals surface area contributed by atoms with Crippen LogP contribution in [0.15, 0.2) is 42.5 Å². The van der Waals surface area contributed by atoms with Crippen LogP contribution in [-0.2, 0) is 9.59 Å². The summed E-state index contributed by atoms with van der Waals surface area (Å²) in [7, 11) is 0. The van der Waals surface area contributed by atoms with Crippen molar-refractivity contribution in [2.75, 3.05) is 18.4 Å². The van der Waals surface area contributed by atoms with Crippen LogP contribution >= 0.6 is 11.6 Å². The molecule has 0 aromatic heterocycles. The van der Waals surface area contributed by atoms with Gasteiger partial charge in [-0.15, -0.1) is 0 Å². The summed E-state index contributed by atoms with van der Waals surface area (Å²) < 4.78 is 0. The van der Waals surface area contributed by atoms with E-state index in [1.807, 2.05) is 32.0 Å². The molecule has 3 N–H and O–H groups in total. The topological polar surface area (TPSA) is 87.3 Å². The zero-order valence-electron chi connectivity index (χ0n) is 16.0. The largest absolute Gasteiger partial charge is 0.352 e. The number of benzene rings is 2. The van der Waals surface area contributed by atoms with Gasteiger partial charge in [0.2, 0.25) is 11.8 Å². The van der Waals surface area contributed by atoms with Crippen molar-refractivity contribution in [1.29, 1.82) is 0 Å². The summed E-state index contributed by atoms with van der Waals surface area (Å²) in [5, 5.41) is 8.71. The lowest BCUT2D eigenvalue weighted by molar-refractivity contribution is -0.124. The Labute approximate surface area is 169 Å². The van der Waals surface area contributed by atoms with Crippen LogP contribution in [0.5, 0.6) is 0 Å². The predicted molar refractivity (Wildman–Crippen MR) is 111 cm³/mol. The zero-order valence-corrected chi connectivity index (χ0v) is 16.7. The third-order valence-corrected chi connectivity index (χ3v) is 4.42. The molecule has 0 radical (unpaired) electrons. The van der Waals surface area contributed by atoms with E-state index >= 15 is 0 Å². The predicted octanol–water partition coefficient (Wildman–Crippen LogP) is 3.22. The maximum atomic E-state index is 12.0. The van der Waals surface area contributed by atoms with Gasteiger partial charge < -0.3 is 16.0 Å². The van der Waals surface area contributed by atoms with E-state index in [-0.39, 0.29) is 30.7 Å². The fourth-order valence-electron chi connectivity index (χ4n) is 2.62. The third kappa shape index (κ3) is 6.70. The van der Waals surface area contributed by atoms with Gasteiger partial charge in [0.1, 0.15) is 0 Å². The highest BCUT2D eigenvalue weighted by atomic mass is 35.5. The van der Waals surface area contributed by atoms with E-state index in [1.165, 1.54) is 0 Å². The van der Waals surface area contributed by atoms with Crippen LogP contribution in [0, 0.1) is 13.8 Å². The minimum Gasteiger partial charge on any atom is -0.352 e. The lowest BCUT2D eigenvalue weighted by atomic mass is 10.1. The zero-order chi connectivity index (χ0) is 20.5. The highest BCUT2D eigenvalue weighted by Gasteiger charge is 2.09. The molecule has 0 bridgehead atoms. The maximum Gasteiger partial charge on any atom is 0.251 e. The summed E-state index contributed by atoms with van der Waals surface area (Å²) >= 11 is 5.79. The van der Waals surface area contributed by atoms with E-state index in [9.17, 15) is 14.4 Å². The van der Waals surface area contributed by atoms with Crippen LogP contribution in [0.3, 0.4) is 0 Å². The number of carbonyl (C=O) groups excluding carboxylic acids is 3. The van der Waals surface area contributed by atoms with Gasteiger partial charge in [-0.1, -0.05) is 29.8 Å². The molecular formula is C21H24ClN3O3. The first kappa shape index (κ1) is 21.4. The number of anilines is 1. The summed E-state index contributed by atoms with van der Waals surface area (Å²) in [5.41, 5.74) is 3.22. The molecule has 28 heavy (non-hydrogen) atoms. The van der Waals surface area contributed by atoms with Crippen LogP contribution in [-0.4, -0.2) is 30.8 Å². The SMILES string of the molecule is Cc1cccc(C)c1NC(=O)CNC(=O)CCCNC(=O)c1ccc(Cl)cc1. The Kier molecular flexibility index (Phi) is 8.02. The van der Waals surface area contributed by atoms with Gasteiger partial charge in [-0.05, 0) is 55.7 Å². The van der Waals surface area contributed by atoms with Crippen molar-refractivity contribution in [3.8, 4) is 0 Å². The number of para-hydroxylation sites is 1. The molecule has 2 aromatic carbocycles. The van der Waals surface area contributed by atoms with Crippen LogP contribution in [0.4, 0.5) is 5.69 Å². The number of aryl methyl sites for hydroxylation is 2. The average molecular weight is 402 g/mol. The molecule has 0 saturated heterocycles. The highest BCUT2D eigenvalue weighted by Crippen LogP contribution is 2.19. The number of nitrogens with one attached hydrogen (secondary N) is 3. The minimum absolute atomic E-state index is 0.0935. The molecule has 0 saturated carbocycles. The molecule has 0 fully saturated rings. The number of halogens is 1. The maximum absolute atomic E-state index is 12.0. The second kappa shape index (κ2) is 10.5. The average Bonchev–Trinajstić information content (AvgIpc) is 2.67. The Morgan fingerprint density at radius 2 is 1.54 bits per heavy atom. The van der Waals surface area contributed by atoms with Gasteiger partial charge in [0.15, 0.2) is 0 Å². The molecule has 2 aromatic rings. The smallest absolute Gasteiger partial charge is 0.251 e. The standard InChI is InChI=1S/C21H24ClN3O3/c1-14-5-3-6-15(2)20(14)25-19(27)13-24-18(26)7-4-12-23-21(28)16-8-10-17(22)11-9-16/h3,5-6,8-11H,4,7,12-13H2,1-2H3,(H,23,28)(H,24,26)(H,25,27). The van der Waals surface area contributed by atoms with Crippen LogP contribution in [0.2, 0.25) is 5.02 Å². The number of carbonyl (C=O) groups is 3. The summed E-state index contributed by atoms with van der Waals surface area (Å²) in [6.45, 7) is 4.10. The molecule has 0 unspecified atom stereocenters. The lowest BCUT2D eigenvalue weighted by Gasteiger charge is -2.12. The molecule has 0 aliphatic heterocycles. The Balaban J connectivity index is 1.65. The number of amides is 3. The molecule has 6 nitrogen and oxygen atoms in total. The number of hydrogen-bond donors (Lipinski definition) is 3. The second-order valence-electron chi connectivity index (χ2n) is 6.46. The van der Waals surface area contributed by atoms with Crippen molar-refractivity contribution in [2.24, 2.45) is 0 Å². The van der Waals surface area contributed by atoms with E-state index in [2.05, 4.69) is 16.0 Å². The molecule has 148 valence electrons. The van der Waals surface area contributed by atoms with E-state index in [0.29, 0.717) is 23.6 Å². The Morgan fingerprint density at radius 3 is 2.18 bits per heavy atom. The van der Waals surface area contributed by atoms with Gasteiger partial charge in [0.25, 0.3) is 5.91 Å². The fourth-order valence-corrected chi connectivity index (χ4v) is 2.74. The second-order valence-corrected chi connectivity index (χ2v) is 6.89. The van der Waals surface area contributed by atoms with Crippen molar-refractivity contribution in [3.05, 3.63) is 64.2 Å². The van der Waals surface area contributed by atoms with E-state index in [4.69, 9.17) is 11.6 Å². The molecule has 0 heterocycles. The van der Waals surface area contributed by atoms with E-state index < -0.39 is 0 Å². The molecular weight excluding hydrogens is 378 g/mol. The van der Waals surface area contributed by atoms with Crippen molar-refractivity contribution in [3.63, 3.8) is 0 Å². The van der Waals surface area contributed by atoms with E-state index in [0.717, 1.165) is 16.8 Å². The van der Waals surface area contributed by atoms with Gasteiger partial charge in [-0.3, -0.25) is 14.4 Å². The lowest BCUT2D eigenvalue weighted by Crippen LogP contribution is -2.33. The van der Waals surface area contributed by atoms with Gasteiger partial charge in [0, 0.05) is 29.2 Å². The Bertz CT molecular complexity index is 830. The van der Waals surface area contributed by atoms with E-state index in [1.54, 1.807) is 24.3 Å². The van der Waals surface area contributed by atoms with Gasteiger partial charge in [0.05, 0.1) is 6.54 Å². The summed E-state index contributed by atoms with van der Waals surface area (Å²) in [6.07, 6.45) is 0.696. The molecule has 3 amide bonds. The molecule has 0 aliphatic rings. The monoisotopic (exact) mass is 401 g/mol. The molecule has 2 rings (SSSR count). The third-order valence-electron chi connectivity index (χ3n) is 4.16. The minimum atomic E-state index is -0.276. The number of hydrogen-bond acceptors (Lipinski definition) is 3. The van der Waals surface area contributed by atoms with Crippen LogP contribution < -0.4 is 16.0 Å². The van der Waals surface area contributed by atoms with Crippen molar-refractivity contribution >= 4 is 35.0 Å². The quantitative estimate of drug-likeness (QED) is 0.593. The molecule has 0 spiro atoms.